The van der Waals surface area contributed by atoms with Crippen molar-refractivity contribution in [1.29, 1.82) is 5.41 Å². The van der Waals surface area contributed by atoms with Gasteiger partial charge in [-0.3, -0.25) is 10.1 Å². The maximum absolute atomic E-state index is 10.4. The van der Waals surface area contributed by atoms with Crippen LogP contribution in [0, 0.1) is 12.3 Å². The molecule has 7 nitrogen and oxygen atoms in total. The van der Waals surface area contributed by atoms with Crippen LogP contribution < -0.4 is 0 Å². The van der Waals surface area contributed by atoms with Gasteiger partial charge in [-0.25, -0.2) is 9.99 Å². The van der Waals surface area contributed by atoms with E-state index < -0.39 is 0 Å². The van der Waals surface area contributed by atoms with E-state index in [1.54, 1.807) is 6.21 Å². The van der Waals surface area contributed by atoms with Crippen molar-refractivity contribution in [1.82, 2.24) is 19.8 Å². The van der Waals surface area contributed by atoms with Crippen molar-refractivity contribution in [2.24, 2.45) is 5.10 Å². The van der Waals surface area contributed by atoms with E-state index in [1.165, 1.54) is 16.3 Å². The fraction of sp³-hybridized carbons (Fsp3) is 0.222. The SMILES string of the molecule is CCn1cc(C=NN2CC(O)=C(c3nc4ccccc4s3)C2=N)c(C)n1. The van der Waals surface area contributed by atoms with Crippen LogP contribution in [0.25, 0.3) is 15.8 Å². The van der Waals surface area contributed by atoms with Gasteiger partial charge in [0.05, 0.1) is 27.7 Å². The summed E-state index contributed by atoms with van der Waals surface area (Å²) < 4.78 is 2.87. The Morgan fingerprint density at radius 2 is 2.19 bits per heavy atom. The lowest BCUT2D eigenvalue weighted by Crippen LogP contribution is -2.20. The zero-order valence-corrected chi connectivity index (χ0v) is 15.3. The number of hydrogen-bond donors (Lipinski definition) is 2. The predicted molar refractivity (Wildman–Crippen MR) is 104 cm³/mol. The number of hydrazone groups is 1. The zero-order chi connectivity index (χ0) is 18.3. The number of thiazole rings is 1. The Bertz CT molecular complexity index is 1030. The molecule has 3 aromatic rings. The van der Waals surface area contributed by atoms with E-state index >= 15 is 0 Å². The number of nitrogens with one attached hydrogen (secondary N) is 1. The molecule has 1 aliphatic heterocycles. The van der Waals surface area contributed by atoms with E-state index in [0.29, 0.717) is 10.6 Å². The van der Waals surface area contributed by atoms with Crippen LogP contribution >= 0.6 is 11.3 Å². The number of nitrogens with zero attached hydrogens (tertiary/aromatic N) is 5. The summed E-state index contributed by atoms with van der Waals surface area (Å²) in [5.74, 6) is 0.269. The van der Waals surface area contributed by atoms with Gasteiger partial charge in [-0.05, 0) is 26.0 Å². The fourth-order valence-electron chi connectivity index (χ4n) is 2.82. The fourth-order valence-corrected chi connectivity index (χ4v) is 3.86. The van der Waals surface area contributed by atoms with Crippen LogP contribution in [0.1, 0.15) is 23.2 Å². The average molecular weight is 366 g/mol. The van der Waals surface area contributed by atoms with Crippen molar-refractivity contribution in [3.63, 3.8) is 0 Å². The van der Waals surface area contributed by atoms with Crippen LogP contribution in [0.15, 0.2) is 41.3 Å². The lowest BCUT2D eigenvalue weighted by Gasteiger charge is -2.10. The van der Waals surface area contributed by atoms with Crippen LogP contribution in [0.4, 0.5) is 0 Å². The number of hydrogen-bond acceptors (Lipinski definition) is 6. The molecule has 2 aromatic heterocycles. The van der Waals surface area contributed by atoms with Crippen LogP contribution in [0.2, 0.25) is 0 Å². The molecule has 0 aliphatic carbocycles. The highest BCUT2D eigenvalue weighted by atomic mass is 32.1. The predicted octanol–water partition coefficient (Wildman–Crippen LogP) is 3.42. The third kappa shape index (κ3) is 2.78. The van der Waals surface area contributed by atoms with Gasteiger partial charge in [0.15, 0.2) is 5.84 Å². The van der Waals surface area contributed by atoms with Crippen molar-refractivity contribution in [2.45, 2.75) is 20.4 Å². The van der Waals surface area contributed by atoms with Gasteiger partial charge in [0.25, 0.3) is 0 Å². The van der Waals surface area contributed by atoms with Gasteiger partial charge < -0.3 is 5.11 Å². The van der Waals surface area contributed by atoms with Gasteiger partial charge in [-0.15, -0.1) is 11.3 Å². The van der Waals surface area contributed by atoms with Gasteiger partial charge in [0, 0.05) is 18.3 Å². The first-order valence-corrected chi connectivity index (χ1v) is 9.11. The minimum atomic E-state index is 0.118. The van der Waals surface area contributed by atoms with Crippen molar-refractivity contribution in [2.75, 3.05) is 6.54 Å². The quantitative estimate of drug-likeness (QED) is 0.692. The van der Waals surface area contributed by atoms with Crippen molar-refractivity contribution < 1.29 is 5.11 Å². The second kappa shape index (κ2) is 6.38. The number of rotatable bonds is 4. The first-order valence-electron chi connectivity index (χ1n) is 8.29. The third-order valence-electron chi connectivity index (χ3n) is 4.24. The van der Waals surface area contributed by atoms with E-state index in [1.807, 2.05) is 49.0 Å². The van der Waals surface area contributed by atoms with Crippen molar-refractivity contribution in [3.8, 4) is 0 Å². The van der Waals surface area contributed by atoms with E-state index in [-0.39, 0.29) is 18.1 Å². The molecule has 0 saturated heterocycles. The molecule has 8 heteroatoms. The summed E-state index contributed by atoms with van der Waals surface area (Å²) in [5.41, 5.74) is 3.09. The maximum Gasteiger partial charge on any atom is 0.155 e. The molecule has 4 rings (SSSR count). The summed E-state index contributed by atoms with van der Waals surface area (Å²) in [6, 6.07) is 7.79. The minimum absolute atomic E-state index is 0.118. The summed E-state index contributed by atoms with van der Waals surface area (Å²) >= 11 is 1.47. The summed E-state index contributed by atoms with van der Waals surface area (Å²) in [5, 5.41) is 29.6. The molecule has 2 N–H and O–H groups in total. The molecule has 132 valence electrons. The van der Waals surface area contributed by atoms with Crippen LogP contribution in [0.5, 0.6) is 0 Å². The molecule has 1 aliphatic rings. The molecule has 26 heavy (non-hydrogen) atoms. The molecule has 3 heterocycles. The molecular formula is C18H18N6OS. The molecule has 0 fully saturated rings. The molecule has 0 amide bonds. The second-order valence-electron chi connectivity index (χ2n) is 5.98. The van der Waals surface area contributed by atoms with Gasteiger partial charge in [0.1, 0.15) is 17.3 Å². The summed E-state index contributed by atoms with van der Waals surface area (Å²) in [7, 11) is 0. The normalized spacial score (nSPS) is 15.2. The topological polar surface area (TPSA) is 90.4 Å². The number of aliphatic hydroxyl groups is 1. The highest BCUT2D eigenvalue weighted by Gasteiger charge is 2.30. The summed E-state index contributed by atoms with van der Waals surface area (Å²) in [4.78, 5) is 4.54. The molecule has 0 radical (unpaired) electrons. The maximum atomic E-state index is 10.4. The molecule has 0 saturated carbocycles. The molecule has 0 atom stereocenters. The second-order valence-corrected chi connectivity index (χ2v) is 7.02. The molecule has 0 bridgehead atoms. The number of amidine groups is 1. The third-order valence-corrected chi connectivity index (χ3v) is 5.29. The van der Waals surface area contributed by atoms with Crippen molar-refractivity contribution in [3.05, 3.63) is 52.5 Å². The monoisotopic (exact) mass is 366 g/mol. The van der Waals surface area contributed by atoms with E-state index in [9.17, 15) is 5.11 Å². The Balaban J connectivity index is 1.59. The number of benzene rings is 1. The van der Waals surface area contributed by atoms with E-state index in [4.69, 9.17) is 5.41 Å². The summed E-state index contributed by atoms with van der Waals surface area (Å²) in [6.45, 7) is 4.90. The zero-order valence-electron chi connectivity index (χ0n) is 14.5. The lowest BCUT2D eigenvalue weighted by molar-refractivity contribution is 0.358. The molecule has 0 spiro atoms. The Labute approximate surface area is 154 Å². The van der Waals surface area contributed by atoms with E-state index in [2.05, 4.69) is 15.2 Å². The Hall–Kier alpha value is -3.00. The smallest absolute Gasteiger partial charge is 0.155 e. The first-order chi connectivity index (χ1) is 12.6. The van der Waals surface area contributed by atoms with Gasteiger partial charge >= 0.3 is 0 Å². The molecular weight excluding hydrogens is 348 g/mol. The number of para-hydroxylation sites is 1. The van der Waals surface area contributed by atoms with Gasteiger partial charge in [-0.2, -0.15) is 10.2 Å². The van der Waals surface area contributed by atoms with Gasteiger partial charge in [0.2, 0.25) is 0 Å². The Morgan fingerprint density at radius 1 is 1.38 bits per heavy atom. The van der Waals surface area contributed by atoms with Gasteiger partial charge in [-0.1, -0.05) is 12.1 Å². The summed E-state index contributed by atoms with van der Waals surface area (Å²) in [6.07, 6.45) is 3.60. The minimum Gasteiger partial charge on any atom is -0.509 e. The number of aryl methyl sites for hydroxylation is 2. The largest absolute Gasteiger partial charge is 0.509 e. The van der Waals surface area contributed by atoms with Crippen molar-refractivity contribution >= 4 is 39.2 Å². The standard InChI is InChI=1S/C18H18N6OS/c1-3-23-9-12(11(2)22-23)8-20-24-10-14(25)16(17(24)19)18-21-13-6-4-5-7-15(13)26-18/h4-9,19,25H,3,10H2,1-2H3. The van der Waals surface area contributed by atoms with E-state index in [0.717, 1.165) is 28.0 Å². The van der Waals surface area contributed by atoms with Crippen LogP contribution in [0.3, 0.4) is 0 Å². The number of aromatic nitrogens is 3. The van der Waals surface area contributed by atoms with Crippen LogP contribution in [-0.2, 0) is 6.54 Å². The Kier molecular flexibility index (Phi) is 4.04. The molecule has 0 unspecified atom stereocenters. The lowest BCUT2D eigenvalue weighted by atomic mass is 10.2. The molecule has 1 aromatic carbocycles. The average Bonchev–Trinajstić information content (AvgIpc) is 3.28. The Morgan fingerprint density at radius 3 is 2.92 bits per heavy atom. The highest BCUT2D eigenvalue weighted by Crippen LogP contribution is 2.33. The van der Waals surface area contributed by atoms with Crippen LogP contribution in [-0.4, -0.2) is 43.5 Å². The first kappa shape index (κ1) is 16.5. The number of aliphatic hydroxyl groups excluding tert-OH is 1. The highest BCUT2D eigenvalue weighted by molar-refractivity contribution is 7.19. The number of fused-ring (bicyclic) bond motifs is 1.